The van der Waals surface area contributed by atoms with Crippen LogP contribution in [0.25, 0.3) is 28.1 Å². The second-order valence-electron chi connectivity index (χ2n) is 10.5. The molecule has 204 valence electrons. The Hall–Kier alpha value is -4.93. The lowest BCUT2D eigenvalue weighted by Crippen LogP contribution is -2.31. The zero-order chi connectivity index (χ0) is 28.6. The maximum atomic E-state index is 13.3. The first-order valence-corrected chi connectivity index (χ1v) is 13.1. The highest BCUT2D eigenvalue weighted by Gasteiger charge is 2.20. The molecule has 40 heavy (non-hydrogen) atoms. The molecule has 11 heteroatoms. The van der Waals surface area contributed by atoms with E-state index in [2.05, 4.69) is 39.2 Å². The summed E-state index contributed by atoms with van der Waals surface area (Å²) in [7, 11) is 0. The molecule has 0 atom stereocenters. The van der Waals surface area contributed by atoms with Crippen molar-refractivity contribution in [3.8, 4) is 17.1 Å². The first kappa shape index (κ1) is 26.7. The Morgan fingerprint density at radius 2 is 1.75 bits per heavy atom. The third-order valence-corrected chi connectivity index (χ3v) is 6.39. The molecule has 0 radical (unpaired) electrons. The van der Waals surface area contributed by atoms with Crippen LogP contribution < -0.4 is 16.6 Å². The molecule has 1 aromatic carbocycles. The van der Waals surface area contributed by atoms with E-state index in [-0.39, 0.29) is 11.5 Å². The lowest BCUT2D eigenvalue weighted by Gasteiger charge is -2.12. The van der Waals surface area contributed by atoms with Gasteiger partial charge in [-0.3, -0.25) is 9.59 Å². The summed E-state index contributed by atoms with van der Waals surface area (Å²) < 4.78 is 3.02. The number of aromatic nitrogens is 7. The minimum Gasteiger partial charge on any atom is -0.383 e. The number of nitrogens with two attached hydrogens (primary N) is 1. The monoisotopic (exact) mass is 537 g/mol. The van der Waals surface area contributed by atoms with Crippen LogP contribution in [-0.2, 0) is 6.54 Å². The summed E-state index contributed by atoms with van der Waals surface area (Å²) in [6.07, 6.45) is 3.09. The minimum atomic E-state index is -0.549. The van der Waals surface area contributed by atoms with E-state index in [4.69, 9.17) is 10.8 Å². The zero-order valence-electron chi connectivity index (χ0n) is 23.1. The Bertz CT molecular complexity index is 1750. The summed E-state index contributed by atoms with van der Waals surface area (Å²) in [6.45, 7) is 10.7. The van der Waals surface area contributed by atoms with Crippen molar-refractivity contribution in [1.82, 2.24) is 34.5 Å². The number of anilines is 2. The fraction of sp³-hybridized carbons (Fsp3) is 0.276. The van der Waals surface area contributed by atoms with Crippen LogP contribution in [0.3, 0.4) is 0 Å². The Kier molecular flexibility index (Phi) is 7.12. The summed E-state index contributed by atoms with van der Waals surface area (Å²) in [4.78, 5) is 39.5. The molecule has 0 fully saturated rings. The van der Waals surface area contributed by atoms with Crippen molar-refractivity contribution in [3.63, 3.8) is 0 Å². The van der Waals surface area contributed by atoms with E-state index in [1.54, 1.807) is 24.4 Å². The standard InChI is InChI=1S/C29H31N9O2/c1-16(2)14-37-27-24(26(30)32-15-33-27)25(36-37)19-7-9-20(10-8-19)34-28(39)21-12-22(17(3)4)35-38(29(21)40)23-11-6-18(5)13-31-23/h6-13,15-17H,14H2,1-5H3,(H,34,39)(H2,30,32,33). The molecule has 0 spiro atoms. The predicted octanol–water partition coefficient (Wildman–Crippen LogP) is 4.36. The quantitative estimate of drug-likeness (QED) is 0.311. The molecule has 4 heterocycles. The van der Waals surface area contributed by atoms with Gasteiger partial charge in [0.1, 0.15) is 23.4 Å². The molecule has 0 aliphatic rings. The molecule has 5 rings (SSSR count). The Morgan fingerprint density at radius 3 is 2.40 bits per heavy atom. The van der Waals surface area contributed by atoms with Crippen LogP contribution in [0.5, 0.6) is 0 Å². The topological polar surface area (TPSA) is 146 Å². The van der Waals surface area contributed by atoms with Gasteiger partial charge in [0.05, 0.1) is 11.1 Å². The first-order valence-electron chi connectivity index (χ1n) is 13.1. The largest absolute Gasteiger partial charge is 0.383 e. The van der Waals surface area contributed by atoms with Gasteiger partial charge in [-0.25, -0.2) is 19.6 Å². The van der Waals surface area contributed by atoms with E-state index in [9.17, 15) is 9.59 Å². The van der Waals surface area contributed by atoms with Crippen LogP contribution in [0.1, 0.15) is 55.2 Å². The molecule has 0 saturated heterocycles. The lowest BCUT2D eigenvalue weighted by atomic mass is 10.1. The number of hydrogen-bond acceptors (Lipinski definition) is 8. The molecule has 1 amide bonds. The van der Waals surface area contributed by atoms with Crippen molar-refractivity contribution < 1.29 is 4.79 Å². The maximum Gasteiger partial charge on any atom is 0.285 e. The molecule has 11 nitrogen and oxygen atoms in total. The highest BCUT2D eigenvalue weighted by atomic mass is 16.2. The number of carbonyl (C=O) groups is 1. The van der Waals surface area contributed by atoms with Gasteiger partial charge in [0.25, 0.3) is 11.5 Å². The van der Waals surface area contributed by atoms with E-state index in [0.29, 0.717) is 52.2 Å². The average molecular weight is 538 g/mol. The van der Waals surface area contributed by atoms with Crippen LogP contribution in [0.15, 0.2) is 59.8 Å². The average Bonchev–Trinajstić information content (AvgIpc) is 3.28. The number of nitrogens with one attached hydrogen (secondary N) is 1. The van der Waals surface area contributed by atoms with Crippen molar-refractivity contribution in [2.24, 2.45) is 5.92 Å². The zero-order valence-corrected chi connectivity index (χ0v) is 23.1. The van der Waals surface area contributed by atoms with E-state index in [1.807, 2.05) is 43.7 Å². The number of benzene rings is 1. The van der Waals surface area contributed by atoms with Crippen LogP contribution in [0.4, 0.5) is 11.5 Å². The number of rotatable bonds is 7. The number of amides is 1. The fourth-order valence-corrected chi connectivity index (χ4v) is 4.31. The number of nitrogen functional groups attached to an aromatic ring is 1. The Labute approximate surface area is 231 Å². The van der Waals surface area contributed by atoms with Gasteiger partial charge < -0.3 is 11.1 Å². The summed E-state index contributed by atoms with van der Waals surface area (Å²) in [5.74, 6) is 0.520. The molecule has 0 unspecified atom stereocenters. The van der Waals surface area contributed by atoms with Gasteiger partial charge in [0, 0.05) is 24.0 Å². The summed E-state index contributed by atoms with van der Waals surface area (Å²) in [5, 5.41) is 12.7. The summed E-state index contributed by atoms with van der Waals surface area (Å²) in [6, 6.07) is 12.3. The van der Waals surface area contributed by atoms with Gasteiger partial charge in [-0.2, -0.15) is 14.9 Å². The van der Waals surface area contributed by atoms with E-state index in [1.165, 1.54) is 17.1 Å². The van der Waals surface area contributed by atoms with Gasteiger partial charge in [-0.15, -0.1) is 0 Å². The number of carbonyl (C=O) groups excluding carboxylic acids is 1. The Balaban J connectivity index is 1.47. The van der Waals surface area contributed by atoms with Crippen LogP contribution >= 0.6 is 0 Å². The van der Waals surface area contributed by atoms with Crippen LogP contribution in [-0.4, -0.2) is 40.4 Å². The van der Waals surface area contributed by atoms with Gasteiger partial charge in [0.15, 0.2) is 11.5 Å². The van der Waals surface area contributed by atoms with E-state index < -0.39 is 11.5 Å². The number of pyridine rings is 1. The molecule has 5 aromatic rings. The van der Waals surface area contributed by atoms with Crippen molar-refractivity contribution in [2.75, 3.05) is 11.1 Å². The third kappa shape index (κ3) is 5.18. The van der Waals surface area contributed by atoms with Crippen molar-refractivity contribution in [1.29, 1.82) is 0 Å². The molecule has 4 aromatic heterocycles. The van der Waals surface area contributed by atoms with Gasteiger partial charge in [-0.1, -0.05) is 45.9 Å². The molecule has 0 saturated carbocycles. The van der Waals surface area contributed by atoms with Crippen LogP contribution in [0, 0.1) is 12.8 Å². The molecular formula is C29H31N9O2. The Morgan fingerprint density at radius 1 is 1.00 bits per heavy atom. The summed E-state index contributed by atoms with van der Waals surface area (Å²) >= 11 is 0. The van der Waals surface area contributed by atoms with Gasteiger partial charge >= 0.3 is 0 Å². The lowest BCUT2D eigenvalue weighted by molar-refractivity contribution is 0.102. The number of fused-ring (bicyclic) bond motifs is 1. The van der Waals surface area contributed by atoms with E-state index in [0.717, 1.165) is 11.1 Å². The summed E-state index contributed by atoms with van der Waals surface area (Å²) in [5.41, 5.74) is 9.84. The fourth-order valence-electron chi connectivity index (χ4n) is 4.31. The highest BCUT2D eigenvalue weighted by molar-refractivity contribution is 6.04. The van der Waals surface area contributed by atoms with Crippen LogP contribution in [0.2, 0.25) is 0 Å². The smallest absolute Gasteiger partial charge is 0.285 e. The molecule has 0 aliphatic carbocycles. The molecule has 0 aliphatic heterocycles. The number of hydrogen-bond donors (Lipinski definition) is 2. The maximum absolute atomic E-state index is 13.3. The van der Waals surface area contributed by atoms with Crippen molar-refractivity contribution >= 4 is 28.4 Å². The molecule has 0 bridgehead atoms. The van der Waals surface area contributed by atoms with Crippen molar-refractivity contribution in [3.05, 3.63) is 82.2 Å². The SMILES string of the molecule is Cc1ccc(-n2nc(C(C)C)cc(C(=O)Nc3ccc(-c4nn(CC(C)C)c5ncnc(N)c45)cc3)c2=O)nc1. The minimum absolute atomic E-state index is 0.00938. The first-order chi connectivity index (χ1) is 19.1. The number of aryl methyl sites for hydroxylation is 1. The van der Waals surface area contributed by atoms with Crippen molar-refractivity contribution in [2.45, 2.75) is 47.1 Å². The second kappa shape index (κ2) is 10.7. The number of nitrogens with zero attached hydrogens (tertiary/aromatic N) is 7. The third-order valence-electron chi connectivity index (χ3n) is 6.39. The molecular weight excluding hydrogens is 506 g/mol. The molecule has 3 N–H and O–H groups in total. The second-order valence-corrected chi connectivity index (χ2v) is 10.5. The van der Waals surface area contributed by atoms with E-state index >= 15 is 0 Å². The van der Waals surface area contributed by atoms with Gasteiger partial charge in [-0.05, 0) is 48.6 Å². The highest BCUT2D eigenvalue weighted by Crippen LogP contribution is 2.31. The predicted molar refractivity (Wildman–Crippen MR) is 154 cm³/mol. The van der Waals surface area contributed by atoms with Gasteiger partial charge in [0.2, 0.25) is 0 Å². The normalized spacial score (nSPS) is 11.5.